The monoisotopic (exact) mass is 657 g/mol. The minimum absolute atomic E-state index is 0.0607. The van der Waals surface area contributed by atoms with Gasteiger partial charge in [0.15, 0.2) is 0 Å². The molecule has 1 atom stereocenters. The molecule has 3 rings (SSSR count). The minimum Gasteiger partial charge on any atom is -0.495 e. The average molecular weight is 659 g/mol. The molecule has 0 aromatic heterocycles. The Balaban J connectivity index is 1.88. The first-order valence-electron chi connectivity index (χ1n) is 14.1. The van der Waals surface area contributed by atoms with E-state index in [1.807, 2.05) is 54.6 Å². The highest BCUT2D eigenvalue weighted by molar-refractivity contribution is 9.10. The summed E-state index contributed by atoms with van der Waals surface area (Å²) in [7, 11) is -2.16. The molecule has 10 heteroatoms. The zero-order valence-corrected chi connectivity index (χ0v) is 26.9. The standard InChI is InChI=1S/C32H40BrN3O5S/c1-4-5-21-34-32(38)29(23-25-12-7-6-8-13-25)35(24-26-17-19-27(33)20-18-26)31(37)16-11-22-36(42(3,39)40)28-14-9-10-15-30(28)41-2/h6-10,12-15,17-20,29H,4-5,11,16,21-24H2,1-3H3,(H,34,38)/t29-/m0/s1. The number of para-hydroxylation sites is 2. The largest absolute Gasteiger partial charge is 0.495 e. The molecule has 0 spiro atoms. The van der Waals surface area contributed by atoms with Crippen LogP contribution in [0.2, 0.25) is 0 Å². The van der Waals surface area contributed by atoms with Crippen molar-refractivity contribution in [3.63, 3.8) is 0 Å². The Bertz CT molecular complexity index is 1400. The Kier molecular flexibility index (Phi) is 12.9. The van der Waals surface area contributed by atoms with Gasteiger partial charge in [-0.25, -0.2) is 8.42 Å². The van der Waals surface area contributed by atoms with E-state index in [-0.39, 0.29) is 37.7 Å². The molecule has 0 fully saturated rings. The summed E-state index contributed by atoms with van der Waals surface area (Å²) in [6, 6.07) is 23.5. The molecule has 0 aliphatic rings. The fraction of sp³-hybridized carbons (Fsp3) is 0.375. The number of nitrogens with zero attached hydrogens (tertiary/aromatic N) is 2. The number of carbonyl (C=O) groups is 2. The Morgan fingerprint density at radius 3 is 2.24 bits per heavy atom. The van der Waals surface area contributed by atoms with E-state index in [1.54, 1.807) is 29.2 Å². The maximum absolute atomic E-state index is 13.9. The van der Waals surface area contributed by atoms with Gasteiger partial charge in [0.25, 0.3) is 0 Å². The Hall–Kier alpha value is -3.37. The normalized spacial score (nSPS) is 11.9. The number of nitrogens with one attached hydrogen (secondary N) is 1. The molecule has 3 aromatic carbocycles. The van der Waals surface area contributed by atoms with Gasteiger partial charge >= 0.3 is 0 Å². The van der Waals surface area contributed by atoms with Crippen LogP contribution in [0.3, 0.4) is 0 Å². The summed E-state index contributed by atoms with van der Waals surface area (Å²) in [6.07, 6.45) is 3.60. The second kappa shape index (κ2) is 16.3. The van der Waals surface area contributed by atoms with E-state index in [1.165, 1.54) is 11.4 Å². The van der Waals surface area contributed by atoms with Gasteiger partial charge in [0.1, 0.15) is 11.8 Å². The summed E-state index contributed by atoms with van der Waals surface area (Å²) in [5.41, 5.74) is 2.25. The van der Waals surface area contributed by atoms with Crippen LogP contribution in [0.5, 0.6) is 5.75 Å². The van der Waals surface area contributed by atoms with E-state index in [2.05, 4.69) is 28.2 Å². The Morgan fingerprint density at radius 2 is 1.60 bits per heavy atom. The number of ether oxygens (including phenoxy) is 1. The number of unbranched alkanes of at least 4 members (excludes halogenated alkanes) is 1. The summed E-state index contributed by atoms with van der Waals surface area (Å²) < 4.78 is 33.0. The molecule has 2 amide bonds. The quantitative estimate of drug-likeness (QED) is 0.204. The van der Waals surface area contributed by atoms with Crippen molar-refractivity contribution in [2.24, 2.45) is 0 Å². The number of hydrogen-bond donors (Lipinski definition) is 1. The van der Waals surface area contributed by atoms with Crippen LogP contribution in [-0.2, 0) is 32.6 Å². The predicted octanol–water partition coefficient (Wildman–Crippen LogP) is 5.56. The van der Waals surface area contributed by atoms with Gasteiger partial charge in [0.2, 0.25) is 21.8 Å². The molecular formula is C32H40BrN3O5S. The minimum atomic E-state index is -3.64. The molecule has 0 saturated heterocycles. The maximum atomic E-state index is 13.9. The van der Waals surface area contributed by atoms with Gasteiger partial charge in [-0.05, 0) is 48.2 Å². The summed E-state index contributed by atoms with van der Waals surface area (Å²) in [6.45, 7) is 2.92. The number of sulfonamides is 1. The van der Waals surface area contributed by atoms with Crippen molar-refractivity contribution in [3.05, 3.63) is 94.5 Å². The first-order valence-corrected chi connectivity index (χ1v) is 16.7. The molecule has 0 bridgehead atoms. The lowest BCUT2D eigenvalue weighted by atomic mass is 10.0. The Morgan fingerprint density at radius 1 is 0.929 bits per heavy atom. The fourth-order valence-electron chi connectivity index (χ4n) is 4.66. The van der Waals surface area contributed by atoms with Gasteiger partial charge in [-0.15, -0.1) is 0 Å². The van der Waals surface area contributed by atoms with E-state index < -0.39 is 16.1 Å². The van der Waals surface area contributed by atoms with Crippen LogP contribution in [0.15, 0.2) is 83.3 Å². The second-order valence-corrected chi connectivity index (χ2v) is 12.9. The van der Waals surface area contributed by atoms with E-state index in [0.29, 0.717) is 24.4 Å². The molecule has 1 N–H and O–H groups in total. The summed E-state index contributed by atoms with van der Waals surface area (Å²) in [5.74, 6) is 0.000287. The number of rotatable bonds is 16. The van der Waals surface area contributed by atoms with Crippen LogP contribution in [-0.4, -0.2) is 57.6 Å². The molecule has 0 heterocycles. The van der Waals surface area contributed by atoms with Gasteiger partial charge < -0.3 is 15.0 Å². The van der Waals surface area contributed by atoms with E-state index in [4.69, 9.17) is 4.74 Å². The summed E-state index contributed by atoms with van der Waals surface area (Å²) >= 11 is 3.46. The van der Waals surface area contributed by atoms with Crippen molar-refractivity contribution in [1.82, 2.24) is 10.2 Å². The van der Waals surface area contributed by atoms with Crippen molar-refractivity contribution in [3.8, 4) is 5.75 Å². The van der Waals surface area contributed by atoms with Gasteiger partial charge in [0, 0.05) is 36.9 Å². The lowest BCUT2D eigenvalue weighted by molar-refractivity contribution is -0.141. The van der Waals surface area contributed by atoms with Crippen LogP contribution in [0.1, 0.15) is 43.7 Å². The third-order valence-corrected chi connectivity index (χ3v) is 8.58. The van der Waals surface area contributed by atoms with Crippen LogP contribution in [0.25, 0.3) is 0 Å². The van der Waals surface area contributed by atoms with Crippen LogP contribution in [0, 0.1) is 0 Å². The number of hydrogen-bond acceptors (Lipinski definition) is 5. The van der Waals surface area contributed by atoms with Crippen LogP contribution in [0.4, 0.5) is 5.69 Å². The molecular weight excluding hydrogens is 618 g/mol. The Labute approximate surface area is 258 Å². The van der Waals surface area contributed by atoms with Crippen molar-refractivity contribution < 1.29 is 22.7 Å². The SMILES string of the molecule is CCCCNC(=O)[C@H](Cc1ccccc1)N(Cc1ccc(Br)cc1)C(=O)CCCN(c1ccccc1OC)S(C)(=O)=O. The van der Waals surface area contributed by atoms with Gasteiger partial charge in [-0.1, -0.05) is 83.9 Å². The van der Waals surface area contributed by atoms with Crippen molar-refractivity contribution in [2.75, 3.05) is 30.8 Å². The zero-order chi connectivity index (χ0) is 30.5. The molecule has 8 nitrogen and oxygen atoms in total. The van der Waals surface area contributed by atoms with E-state index >= 15 is 0 Å². The number of methoxy groups -OCH3 is 1. The molecule has 0 aliphatic carbocycles. The van der Waals surface area contributed by atoms with Gasteiger partial charge in [-0.2, -0.15) is 0 Å². The summed E-state index contributed by atoms with van der Waals surface area (Å²) in [4.78, 5) is 29.1. The lowest BCUT2D eigenvalue weighted by Crippen LogP contribution is -2.50. The molecule has 0 saturated carbocycles. The van der Waals surface area contributed by atoms with Crippen molar-refractivity contribution in [2.45, 2.75) is 51.6 Å². The number of anilines is 1. The van der Waals surface area contributed by atoms with Crippen molar-refractivity contribution in [1.29, 1.82) is 0 Å². The first kappa shape index (κ1) is 33.1. The molecule has 0 aliphatic heterocycles. The van der Waals surface area contributed by atoms with Gasteiger partial charge in [0.05, 0.1) is 19.1 Å². The average Bonchev–Trinajstić information content (AvgIpc) is 2.98. The molecule has 42 heavy (non-hydrogen) atoms. The predicted molar refractivity (Wildman–Crippen MR) is 171 cm³/mol. The topological polar surface area (TPSA) is 96.0 Å². The van der Waals surface area contributed by atoms with Gasteiger partial charge in [-0.3, -0.25) is 13.9 Å². The van der Waals surface area contributed by atoms with E-state index in [9.17, 15) is 18.0 Å². The lowest BCUT2D eigenvalue weighted by Gasteiger charge is -2.32. The third-order valence-electron chi connectivity index (χ3n) is 6.87. The van der Waals surface area contributed by atoms with Crippen LogP contribution >= 0.6 is 15.9 Å². The smallest absolute Gasteiger partial charge is 0.243 e. The molecule has 0 radical (unpaired) electrons. The molecule has 226 valence electrons. The number of carbonyl (C=O) groups excluding carboxylic acids is 2. The maximum Gasteiger partial charge on any atom is 0.243 e. The number of benzene rings is 3. The summed E-state index contributed by atoms with van der Waals surface area (Å²) in [5, 5.41) is 3.02. The second-order valence-electron chi connectivity index (χ2n) is 10.1. The fourth-order valence-corrected chi connectivity index (χ4v) is 5.90. The van der Waals surface area contributed by atoms with Crippen molar-refractivity contribution >= 4 is 43.5 Å². The number of halogens is 1. The van der Waals surface area contributed by atoms with Crippen LogP contribution < -0.4 is 14.4 Å². The van der Waals surface area contributed by atoms with E-state index in [0.717, 1.165) is 34.7 Å². The zero-order valence-electron chi connectivity index (χ0n) is 24.5. The molecule has 3 aromatic rings. The third kappa shape index (κ3) is 9.87. The molecule has 0 unspecified atom stereocenters. The highest BCUT2D eigenvalue weighted by Gasteiger charge is 2.30. The number of amides is 2. The highest BCUT2D eigenvalue weighted by Crippen LogP contribution is 2.30. The highest BCUT2D eigenvalue weighted by atomic mass is 79.9. The first-order chi connectivity index (χ1) is 20.1.